The van der Waals surface area contributed by atoms with Gasteiger partial charge in [0.1, 0.15) is 11.6 Å². The van der Waals surface area contributed by atoms with E-state index in [-0.39, 0.29) is 11.4 Å². The van der Waals surface area contributed by atoms with Gasteiger partial charge in [0.05, 0.1) is 13.7 Å². The Hall–Kier alpha value is -0.760. The van der Waals surface area contributed by atoms with Crippen LogP contribution in [0.1, 0.15) is 19.5 Å². The molecule has 20 heavy (non-hydrogen) atoms. The van der Waals surface area contributed by atoms with Crippen LogP contribution in [-0.2, 0) is 6.42 Å². The molecule has 106 valence electrons. The zero-order valence-corrected chi connectivity index (χ0v) is 14.7. The maximum Gasteiger partial charge on any atom is 0.264 e. The number of aromatic amines is 1. The minimum atomic E-state index is -0.380. The topological polar surface area (TPSA) is 45.8 Å². The van der Waals surface area contributed by atoms with E-state index in [1.54, 1.807) is 12.1 Å². The van der Waals surface area contributed by atoms with Crippen molar-refractivity contribution in [3.8, 4) is 11.4 Å². The normalized spacial score (nSPS) is 11.1. The summed E-state index contributed by atoms with van der Waals surface area (Å²) in [5.74, 6) is 0.416. The third-order valence-corrected chi connectivity index (χ3v) is 4.48. The molecule has 1 N–H and O–H groups in total. The number of halogens is 3. The molecule has 1 heterocycles. The molecule has 1 aromatic carbocycles. The fourth-order valence-corrected chi connectivity index (χ4v) is 2.53. The number of hydrogen-bond acceptors (Lipinski definition) is 2. The lowest BCUT2D eigenvalue weighted by Gasteiger charge is -2.09. The number of benzene rings is 1. The van der Waals surface area contributed by atoms with Crippen molar-refractivity contribution in [2.24, 2.45) is 5.92 Å². The minimum absolute atomic E-state index is 0.186. The molecule has 1 aromatic heterocycles. The molecule has 6 heteroatoms. The molecule has 0 saturated heterocycles. The average Bonchev–Trinajstić information content (AvgIpc) is 2.37. The number of nitrogens with zero attached hydrogens (tertiary/aromatic N) is 1. The summed E-state index contributed by atoms with van der Waals surface area (Å²) in [5.41, 5.74) is 1.13. The lowest BCUT2D eigenvalue weighted by molar-refractivity contribution is 0.620. The zero-order chi connectivity index (χ0) is 14.9. The first-order valence-corrected chi connectivity index (χ1v) is 7.99. The van der Waals surface area contributed by atoms with Gasteiger partial charge in [0.15, 0.2) is 0 Å². The van der Waals surface area contributed by atoms with Crippen molar-refractivity contribution in [1.82, 2.24) is 9.97 Å². The molecule has 0 saturated carbocycles. The van der Waals surface area contributed by atoms with Crippen LogP contribution in [0.5, 0.6) is 0 Å². The number of nitrogens with one attached hydrogen (secondary N) is 1. The Balaban J connectivity index is 2.54. The van der Waals surface area contributed by atoms with Gasteiger partial charge in [-0.15, -0.1) is 0 Å². The molecule has 0 aliphatic rings. The van der Waals surface area contributed by atoms with Crippen molar-refractivity contribution in [3.63, 3.8) is 0 Å². The van der Waals surface area contributed by atoms with Crippen molar-refractivity contribution in [2.45, 2.75) is 20.3 Å². The Morgan fingerprint density at radius 2 is 2.15 bits per heavy atom. The van der Waals surface area contributed by atoms with Crippen LogP contribution in [-0.4, -0.2) is 9.97 Å². The van der Waals surface area contributed by atoms with E-state index in [4.69, 9.17) is 0 Å². The van der Waals surface area contributed by atoms with E-state index >= 15 is 0 Å². The summed E-state index contributed by atoms with van der Waals surface area (Å²) >= 11 is 5.11. The van der Waals surface area contributed by atoms with Gasteiger partial charge >= 0.3 is 0 Å². The fourth-order valence-electron chi connectivity index (χ4n) is 1.81. The molecule has 0 aliphatic heterocycles. The molecule has 0 amide bonds. The molecular weight excluding hydrogens is 438 g/mol. The second kappa shape index (κ2) is 6.34. The van der Waals surface area contributed by atoms with Crippen LogP contribution < -0.4 is 5.56 Å². The van der Waals surface area contributed by atoms with Gasteiger partial charge in [-0.25, -0.2) is 9.37 Å². The van der Waals surface area contributed by atoms with Gasteiger partial charge in [-0.1, -0.05) is 13.8 Å². The average molecular weight is 451 g/mol. The van der Waals surface area contributed by atoms with Gasteiger partial charge in [0, 0.05) is 5.56 Å². The van der Waals surface area contributed by atoms with Gasteiger partial charge in [-0.05, 0) is 69.1 Å². The van der Waals surface area contributed by atoms with Gasteiger partial charge < -0.3 is 4.98 Å². The van der Waals surface area contributed by atoms with Crippen LogP contribution in [0.25, 0.3) is 11.4 Å². The number of hydrogen-bond donors (Lipinski definition) is 1. The highest BCUT2D eigenvalue weighted by atomic mass is 127. The van der Waals surface area contributed by atoms with Crippen LogP contribution in [0, 0.1) is 15.3 Å². The van der Waals surface area contributed by atoms with E-state index in [0.29, 0.717) is 31.8 Å². The molecule has 0 fully saturated rings. The van der Waals surface area contributed by atoms with E-state index in [1.807, 2.05) is 22.6 Å². The Morgan fingerprint density at radius 1 is 1.45 bits per heavy atom. The second-order valence-electron chi connectivity index (χ2n) is 4.90. The van der Waals surface area contributed by atoms with Crippen LogP contribution in [0.15, 0.2) is 27.5 Å². The fraction of sp³-hybridized carbons (Fsp3) is 0.286. The van der Waals surface area contributed by atoms with Crippen LogP contribution >= 0.6 is 38.5 Å². The van der Waals surface area contributed by atoms with Gasteiger partial charge in [0.25, 0.3) is 5.56 Å². The van der Waals surface area contributed by atoms with Gasteiger partial charge in [-0.3, -0.25) is 4.79 Å². The smallest absolute Gasteiger partial charge is 0.264 e. The molecule has 0 spiro atoms. The number of rotatable bonds is 3. The summed E-state index contributed by atoms with van der Waals surface area (Å²) in [5, 5.41) is 0. The maximum atomic E-state index is 13.6. The lowest BCUT2D eigenvalue weighted by Crippen LogP contribution is -2.17. The lowest BCUT2D eigenvalue weighted by atomic mass is 10.1. The first-order valence-electron chi connectivity index (χ1n) is 6.12. The Bertz CT molecular complexity index is 700. The van der Waals surface area contributed by atoms with E-state index < -0.39 is 0 Å². The van der Waals surface area contributed by atoms with Crippen LogP contribution in [0.3, 0.4) is 0 Å². The maximum absolute atomic E-state index is 13.6. The van der Waals surface area contributed by atoms with Crippen molar-refractivity contribution < 1.29 is 4.39 Å². The first kappa shape index (κ1) is 15.6. The number of H-pyrrole nitrogens is 1. The van der Waals surface area contributed by atoms with E-state index in [2.05, 4.69) is 39.7 Å². The zero-order valence-electron chi connectivity index (χ0n) is 11.0. The summed E-state index contributed by atoms with van der Waals surface area (Å²) in [6.45, 7) is 4.13. The minimum Gasteiger partial charge on any atom is -0.306 e. The van der Waals surface area contributed by atoms with E-state index in [9.17, 15) is 9.18 Å². The molecule has 0 unspecified atom stereocenters. The summed E-state index contributed by atoms with van der Waals surface area (Å²) in [6.07, 6.45) is 0.716. The highest BCUT2D eigenvalue weighted by Gasteiger charge is 2.12. The van der Waals surface area contributed by atoms with Crippen molar-refractivity contribution >= 4 is 38.5 Å². The molecule has 0 bridgehead atoms. The van der Waals surface area contributed by atoms with Gasteiger partial charge in [-0.2, -0.15) is 0 Å². The first-order chi connectivity index (χ1) is 9.38. The van der Waals surface area contributed by atoms with Gasteiger partial charge in [0.2, 0.25) is 0 Å². The number of aromatic nitrogens is 2. The van der Waals surface area contributed by atoms with Crippen LogP contribution in [0.4, 0.5) is 4.39 Å². The molecule has 3 nitrogen and oxygen atoms in total. The highest BCUT2D eigenvalue weighted by Crippen LogP contribution is 2.22. The highest BCUT2D eigenvalue weighted by molar-refractivity contribution is 14.1. The summed E-state index contributed by atoms with van der Waals surface area (Å²) in [7, 11) is 0. The molecule has 2 aromatic rings. The third-order valence-electron chi connectivity index (χ3n) is 2.73. The Kier molecular flexibility index (Phi) is 4.95. The SMILES string of the molecule is CC(C)Cc1nc(-c2ccc(Br)c(F)c2)[nH]c(=O)c1I. The van der Waals surface area contributed by atoms with Crippen molar-refractivity contribution in [2.75, 3.05) is 0 Å². The monoisotopic (exact) mass is 450 g/mol. The molecule has 0 radical (unpaired) electrons. The van der Waals surface area contributed by atoms with E-state index in [0.717, 1.165) is 5.69 Å². The van der Waals surface area contributed by atoms with Crippen molar-refractivity contribution in [3.05, 3.63) is 48.1 Å². The Labute approximate surface area is 138 Å². The summed E-state index contributed by atoms with van der Waals surface area (Å²) in [4.78, 5) is 19.1. The van der Waals surface area contributed by atoms with E-state index in [1.165, 1.54) is 6.07 Å². The quantitative estimate of drug-likeness (QED) is 0.714. The molecule has 0 aliphatic carbocycles. The van der Waals surface area contributed by atoms with Crippen molar-refractivity contribution in [1.29, 1.82) is 0 Å². The predicted molar refractivity (Wildman–Crippen MR) is 89.2 cm³/mol. The summed E-state index contributed by atoms with van der Waals surface area (Å²) < 4.78 is 14.6. The predicted octanol–water partition coefficient (Wildman–Crippen LogP) is 4.14. The molecule has 2 rings (SSSR count). The molecular formula is C14H13BrFIN2O. The summed E-state index contributed by atoms with van der Waals surface area (Å²) in [6, 6.07) is 4.68. The van der Waals surface area contributed by atoms with Crippen LogP contribution in [0.2, 0.25) is 0 Å². The largest absolute Gasteiger partial charge is 0.306 e. The Morgan fingerprint density at radius 3 is 2.75 bits per heavy atom. The standard InChI is InChI=1S/C14H13BrFIN2O/c1-7(2)5-11-12(17)14(20)19-13(18-11)8-3-4-9(15)10(16)6-8/h3-4,6-7H,5H2,1-2H3,(H,18,19,20). The second-order valence-corrected chi connectivity index (χ2v) is 6.84. The third kappa shape index (κ3) is 3.46. The molecule has 0 atom stereocenters.